The number of amides is 1. The summed E-state index contributed by atoms with van der Waals surface area (Å²) < 4.78 is 5.23. The van der Waals surface area contributed by atoms with Crippen molar-refractivity contribution in [1.82, 2.24) is 16.0 Å². The zero-order chi connectivity index (χ0) is 18.4. The number of guanidine groups is 1. The van der Waals surface area contributed by atoms with Gasteiger partial charge in [0.1, 0.15) is 5.76 Å². The highest BCUT2D eigenvalue weighted by Gasteiger charge is 2.33. The van der Waals surface area contributed by atoms with Gasteiger partial charge in [-0.25, -0.2) is 4.99 Å². The van der Waals surface area contributed by atoms with Gasteiger partial charge in [-0.05, 0) is 49.1 Å². The minimum absolute atomic E-state index is 0.121. The lowest BCUT2D eigenvalue weighted by molar-refractivity contribution is 0.0948. The normalized spacial score (nSPS) is 19.1. The quantitative estimate of drug-likeness (QED) is 0.528. The number of hydrogen-bond acceptors (Lipinski definition) is 3. The van der Waals surface area contributed by atoms with Crippen molar-refractivity contribution >= 4 is 11.9 Å². The van der Waals surface area contributed by atoms with Gasteiger partial charge in [-0.3, -0.25) is 4.79 Å². The SMILES string of the molecule is CCNC(=NCc1cccc(C(=O)NCc2ccco2)c1)NC1CC1C. The molecule has 0 spiro atoms. The smallest absolute Gasteiger partial charge is 0.251 e. The third-order valence-electron chi connectivity index (χ3n) is 4.39. The molecule has 0 radical (unpaired) electrons. The Morgan fingerprint density at radius 2 is 2.12 bits per heavy atom. The number of benzene rings is 1. The van der Waals surface area contributed by atoms with Gasteiger partial charge >= 0.3 is 0 Å². The number of rotatable bonds is 7. The summed E-state index contributed by atoms with van der Waals surface area (Å²) >= 11 is 0. The fourth-order valence-corrected chi connectivity index (χ4v) is 2.68. The van der Waals surface area contributed by atoms with E-state index >= 15 is 0 Å². The van der Waals surface area contributed by atoms with Crippen molar-refractivity contribution in [2.75, 3.05) is 6.54 Å². The van der Waals surface area contributed by atoms with Crippen molar-refractivity contribution < 1.29 is 9.21 Å². The fraction of sp³-hybridized carbons (Fsp3) is 0.400. The van der Waals surface area contributed by atoms with Gasteiger partial charge in [-0.1, -0.05) is 19.1 Å². The predicted molar refractivity (Wildman–Crippen MR) is 102 cm³/mol. The van der Waals surface area contributed by atoms with E-state index in [4.69, 9.17) is 4.42 Å². The fourth-order valence-electron chi connectivity index (χ4n) is 2.68. The van der Waals surface area contributed by atoms with Gasteiger partial charge in [-0.15, -0.1) is 0 Å². The minimum Gasteiger partial charge on any atom is -0.467 e. The Morgan fingerprint density at radius 3 is 2.81 bits per heavy atom. The molecule has 1 aliphatic rings. The summed E-state index contributed by atoms with van der Waals surface area (Å²) in [4.78, 5) is 16.9. The summed E-state index contributed by atoms with van der Waals surface area (Å²) in [5.41, 5.74) is 1.62. The van der Waals surface area contributed by atoms with Gasteiger partial charge in [0.25, 0.3) is 5.91 Å². The minimum atomic E-state index is -0.121. The molecule has 3 rings (SSSR count). The second-order valence-corrected chi connectivity index (χ2v) is 6.62. The van der Waals surface area contributed by atoms with Gasteiger partial charge in [0, 0.05) is 18.2 Å². The lowest BCUT2D eigenvalue weighted by atomic mass is 10.1. The maximum absolute atomic E-state index is 12.3. The molecule has 0 bridgehead atoms. The van der Waals surface area contributed by atoms with E-state index < -0.39 is 0 Å². The van der Waals surface area contributed by atoms with E-state index in [0.29, 0.717) is 30.6 Å². The summed E-state index contributed by atoms with van der Waals surface area (Å²) in [6.07, 6.45) is 2.79. The Morgan fingerprint density at radius 1 is 1.27 bits per heavy atom. The van der Waals surface area contributed by atoms with Crippen LogP contribution in [0.3, 0.4) is 0 Å². The molecule has 138 valence electrons. The highest BCUT2D eigenvalue weighted by atomic mass is 16.3. The van der Waals surface area contributed by atoms with Crippen LogP contribution >= 0.6 is 0 Å². The average molecular weight is 354 g/mol. The van der Waals surface area contributed by atoms with E-state index in [1.54, 1.807) is 18.4 Å². The molecule has 1 heterocycles. The molecule has 3 N–H and O–H groups in total. The van der Waals surface area contributed by atoms with Crippen molar-refractivity contribution in [3.8, 4) is 0 Å². The molecule has 2 atom stereocenters. The van der Waals surface area contributed by atoms with Crippen LogP contribution in [0.1, 0.15) is 41.9 Å². The van der Waals surface area contributed by atoms with E-state index in [9.17, 15) is 4.79 Å². The number of aliphatic imine (C=N–C) groups is 1. The van der Waals surface area contributed by atoms with E-state index in [0.717, 1.165) is 23.8 Å². The largest absolute Gasteiger partial charge is 0.467 e. The first kappa shape index (κ1) is 18.0. The van der Waals surface area contributed by atoms with Gasteiger partial charge in [0.2, 0.25) is 0 Å². The highest BCUT2D eigenvalue weighted by Crippen LogP contribution is 2.28. The monoisotopic (exact) mass is 354 g/mol. The maximum atomic E-state index is 12.3. The summed E-state index contributed by atoms with van der Waals surface area (Å²) in [6.45, 7) is 6.00. The van der Waals surface area contributed by atoms with Crippen LogP contribution in [-0.2, 0) is 13.1 Å². The molecule has 2 unspecified atom stereocenters. The summed E-state index contributed by atoms with van der Waals surface area (Å²) in [5.74, 6) is 2.15. The first-order valence-electron chi connectivity index (χ1n) is 9.10. The second kappa shape index (κ2) is 8.56. The summed E-state index contributed by atoms with van der Waals surface area (Å²) in [7, 11) is 0. The molecule has 1 amide bonds. The van der Waals surface area contributed by atoms with E-state index in [1.807, 2.05) is 24.3 Å². The van der Waals surface area contributed by atoms with Gasteiger partial charge in [0.15, 0.2) is 5.96 Å². The van der Waals surface area contributed by atoms with Crippen LogP contribution in [0.25, 0.3) is 0 Å². The number of carbonyl (C=O) groups excluding carboxylic acids is 1. The van der Waals surface area contributed by atoms with Gasteiger partial charge < -0.3 is 20.4 Å². The summed E-state index contributed by atoms with van der Waals surface area (Å²) in [6, 6.07) is 11.7. The molecule has 6 nitrogen and oxygen atoms in total. The third-order valence-corrected chi connectivity index (χ3v) is 4.39. The molecular weight excluding hydrogens is 328 g/mol. The molecule has 26 heavy (non-hydrogen) atoms. The predicted octanol–water partition coefficient (Wildman–Crippen LogP) is 2.67. The molecule has 0 aliphatic heterocycles. The van der Waals surface area contributed by atoms with Crippen LogP contribution in [0.15, 0.2) is 52.1 Å². The van der Waals surface area contributed by atoms with E-state index in [2.05, 4.69) is 34.8 Å². The number of nitrogens with zero attached hydrogens (tertiary/aromatic N) is 1. The summed E-state index contributed by atoms with van der Waals surface area (Å²) in [5, 5.41) is 9.56. The van der Waals surface area contributed by atoms with Crippen molar-refractivity contribution in [3.05, 3.63) is 59.5 Å². The molecular formula is C20H26N4O2. The number of nitrogens with one attached hydrogen (secondary N) is 3. The zero-order valence-electron chi connectivity index (χ0n) is 15.3. The van der Waals surface area contributed by atoms with Crippen LogP contribution in [0.2, 0.25) is 0 Å². The number of hydrogen-bond donors (Lipinski definition) is 3. The van der Waals surface area contributed by atoms with Crippen LogP contribution < -0.4 is 16.0 Å². The molecule has 1 saturated carbocycles. The average Bonchev–Trinajstić information content (AvgIpc) is 3.11. The van der Waals surface area contributed by atoms with Crippen molar-refractivity contribution in [2.24, 2.45) is 10.9 Å². The van der Waals surface area contributed by atoms with Gasteiger partial charge in [0.05, 0.1) is 19.4 Å². The van der Waals surface area contributed by atoms with Crippen molar-refractivity contribution in [1.29, 1.82) is 0 Å². The Hall–Kier alpha value is -2.76. The molecule has 2 aromatic rings. The molecule has 6 heteroatoms. The van der Waals surface area contributed by atoms with E-state index in [-0.39, 0.29) is 5.91 Å². The number of furan rings is 1. The molecule has 1 aromatic heterocycles. The van der Waals surface area contributed by atoms with Gasteiger partial charge in [-0.2, -0.15) is 0 Å². The molecule has 1 fully saturated rings. The van der Waals surface area contributed by atoms with E-state index in [1.165, 1.54) is 6.42 Å². The molecule has 1 aliphatic carbocycles. The lowest BCUT2D eigenvalue weighted by Gasteiger charge is -2.11. The molecule has 0 saturated heterocycles. The first-order chi connectivity index (χ1) is 12.7. The maximum Gasteiger partial charge on any atom is 0.251 e. The van der Waals surface area contributed by atoms with Crippen molar-refractivity contribution in [2.45, 2.75) is 39.4 Å². The van der Waals surface area contributed by atoms with Crippen LogP contribution in [0.4, 0.5) is 0 Å². The first-order valence-corrected chi connectivity index (χ1v) is 9.10. The Balaban J connectivity index is 1.58. The van der Waals surface area contributed by atoms with Crippen LogP contribution in [0.5, 0.6) is 0 Å². The van der Waals surface area contributed by atoms with Crippen LogP contribution in [-0.4, -0.2) is 24.5 Å². The van der Waals surface area contributed by atoms with Crippen LogP contribution in [0, 0.1) is 5.92 Å². The molecule has 1 aromatic carbocycles. The Kier molecular flexibility index (Phi) is 5.94. The Labute approximate surface area is 154 Å². The lowest BCUT2D eigenvalue weighted by Crippen LogP contribution is -2.39. The van der Waals surface area contributed by atoms with Crippen molar-refractivity contribution in [3.63, 3.8) is 0 Å². The topological polar surface area (TPSA) is 78.7 Å². The Bertz CT molecular complexity index is 755. The third kappa shape index (κ3) is 5.12. The second-order valence-electron chi connectivity index (χ2n) is 6.62. The number of carbonyl (C=O) groups is 1. The highest BCUT2D eigenvalue weighted by molar-refractivity contribution is 5.94. The standard InChI is InChI=1S/C20H26N4O2/c1-3-21-20(24-18-10-14(18)2)23-12-15-6-4-7-16(11-15)19(25)22-13-17-8-5-9-26-17/h4-9,11,14,18H,3,10,12-13H2,1-2H3,(H,22,25)(H2,21,23,24). The zero-order valence-corrected chi connectivity index (χ0v) is 15.3.